The van der Waals surface area contributed by atoms with Crippen molar-refractivity contribution in [3.63, 3.8) is 0 Å². The fourth-order valence-corrected chi connectivity index (χ4v) is 9.25. The molecule has 0 spiro atoms. The van der Waals surface area contributed by atoms with Gasteiger partial charge in [0.1, 0.15) is 27.4 Å². The van der Waals surface area contributed by atoms with E-state index in [4.69, 9.17) is 39.5 Å². The first-order valence-electron chi connectivity index (χ1n) is 13.8. The number of aromatic hydroxyl groups is 1. The van der Waals surface area contributed by atoms with E-state index >= 15 is 0 Å². The maximum Gasteiger partial charge on any atom is 0.210 e. The number of halogens is 3. The van der Waals surface area contributed by atoms with E-state index in [-0.39, 0.29) is 5.75 Å². The van der Waals surface area contributed by atoms with Crippen LogP contribution in [0.3, 0.4) is 0 Å². The van der Waals surface area contributed by atoms with Crippen LogP contribution in [0.15, 0.2) is 135 Å². The summed E-state index contributed by atoms with van der Waals surface area (Å²) in [4.78, 5) is 0. The number of ether oxygens (including phenoxy) is 1. The number of phenolic OH excluding ortho intramolecular Hbond substituents is 1. The van der Waals surface area contributed by atoms with Gasteiger partial charge in [-0.3, -0.25) is 0 Å². The van der Waals surface area contributed by atoms with Gasteiger partial charge in [0.15, 0.2) is 7.26 Å². The molecule has 0 saturated heterocycles. The minimum atomic E-state index is -2.44. The highest BCUT2D eigenvalue weighted by Crippen LogP contribution is 2.56. The summed E-state index contributed by atoms with van der Waals surface area (Å²) in [7, 11) is -2.44. The van der Waals surface area contributed by atoms with Crippen LogP contribution in [0.5, 0.6) is 11.5 Å². The number of hydrogen-bond acceptors (Lipinski definition) is 2. The van der Waals surface area contributed by atoms with Gasteiger partial charge in [0.05, 0.1) is 0 Å². The summed E-state index contributed by atoms with van der Waals surface area (Å²) in [5.41, 5.74) is 3.63. The normalized spacial score (nSPS) is 11.2. The van der Waals surface area contributed by atoms with Gasteiger partial charge < -0.3 is 9.84 Å². The van der Waals surface area contributed by atoms with Gasteiger partial charge in [0.2, 0.25) is 6.35 Å². The molecular formula is C37H31Cl3O2P+. The van der Waals surface area contributed by atoms with Crippen LogP contribution in [0.2, 0.25) is 15.1 Å². The van der Waals surface area contributed by atoms with Crippen molar-refractivity contribution in [2.24, 2.45) is 0 Å². The molecule has 0 saturated carbocycles. The summed E-state index contributed by atoms with van der Waals surface area (Å²) in [6.07, 6.45) is 5.45. The van der Waals surface area contributed by atoms with Crippen molar-refractivity contribution in [3.8, 4) is 22.6 Å². The fraction of sp³-hybridized carbons (Fsp3) is 0.0811. The Labute approximate surface area is 269 Å². The van der Waals surface area contributed by atoms with Crippen LogP contribution in [0.25, 0.3) is 11.1 Å². The summed E-state index contributed by atoms with van der Waals surface area (Å²) >= 11 is 19.1. The third kappa shape index (κ3) is 6.85. The van der Waals surface area contributed by atoms with Crippen LogP contribution in [0.4, 0.5) is 0 Å². The monoisotopic (exact) mass is 643 g/mol. The van der Waals surface area contributed by atoms with Gasteiger partial charge in [-0.25, -0.2) is 0 Å². The van der Waals surface area contributed by atoms with Gasteiger partial charge in [-0.15, -0.1) is 13.2 Å². The van der Waals surface area contributed by atoms with E-state index in [0.29, 0.717) is 45.6 Å². The molecule has 216 valence electrons. The lowest BCUT2D eigenvalue weighted by Crippen LogP contribution is -2.35. The summed E-state index contributed by atoms with van der Waals surface area (Å²) in [5, 5.41) is 16.3. The van der Waals surface area contributed by atoms with E-state index in [1.807, 2.05) is 72.8 Å². The zero-order chi connectivity index (χ0) is 30.4. The van der Waals surface area contributed by atoms with Crippen molar-refractivity contribution >= 4 is 58.0 Å². The maximum atomic E-state index is 11.0. The average molecular weight is 645 g/mol. The summed E-state index contributed by atoms with van der Waals surface area (Å²) in [5.74, 6) is 0.850. The second-order valence-corrected chi connectivity index (χ2v) is 14.9. The maximum absolute atomic E-state index is 11.0. The number of hydrogen-bond donors (Lipinski definition) is 1. The topological polar surface area (TPSA) is 29.5 Å². The Morgan fingerprint density at radius 3 is 1.44 bits per heavy atom. The Balaban J connectivity index is 1.70. The first kappa shape index (κ1) is 30.9. The number of rotatable bonds is 11. The van der Waals surface area contributed by atoms with Gasteiger partial charge in [-0.1, -0.05) is 59.1 Å². The molecule has 5 aromatic rings. The molecule has 0 aromatic heterocycles. The van der Waals surface area contributed by atoms with Crippen LogP contribution < -0.4 is 20.7 Å². The van der Waals surface area contributed by atoms with E-state index < -0.39 is 7.26 Å². The lowest BCUT2D eigenvalue weighted by atomic mass is 9.97. The van der Waals surface area contributed by atoms with E-state index in [0.717, 1.165) is 32.6 Å². The highest BCUT2D eigenvalue weighted by Gasteiger charge is 2.47. The molecule has 0 heterocycles. The van der Waals surface area contributed by atoms with E-state index in [9.17, 15) is 5.11 Å². The predicted octanol–water partition coefficient (Wildman–Crippen LogP) is 9.81. The van der Waals surface area contributed by atoms with Crippen molar-refractivity contribution < 1.29 is 9.84 Å². The molecule has 0 aliphatic rings. The first-order valence-corrected chi connectivity index (χ1v) is 16.9. The zero-order valence-corrected chi connectivity index (χ0v) is 26.7. The van der Waals surface area contributed by atoms with Gasteiger partial charge in [0, 0.05) is 26.2 Å². The van der Waals surface area contributed by atoms with Crippen LogP contribution in [0.1, 0.15) is 11.1 Å². The molecule has 0 radical (unpaired) electrons. The second-order valence-electron chi connectivity index (χ2n) is 10.2. The molecule has 5 aromatic carbocycles. The predicted molar refractivity (Wildman–Crippen MR) is 187 cm³/mol. The second kappa shape index (κ2) is 13.8. The SMILES string of the molecule is C=CCc1ccc(O)c(-c2cc(CC=C)ccc2OC[P+](c2ccc(Cl)cc2)(c2ccc(Cl)cc2)c2ccc(Cl)cc2)c1. The Hall–Kier alpha value is -3.52. The molecule has 5 rings (SSSR count). The molecule has 0 atom stereocenters. The number of phenols is 1. The molecule has 43 heavy (non-hydrogen) atoms. The molecule has 0 bridgehead atoms. The van der Waals surface area contributed by atoms with Crippen molar-refractivity contribution in [1.29, 1.82) is 0 Å². The van der Waals surface area contributed by atoms with Gasteiger partial charge in [-0.2, -0.15) is 0 Å². The summed E-state index contributed by atoms with van der Waals surface area (Å²) in [6.45, 7) is 7.79. The van der Waals surface area contributed by atoms with Gasteiger partial charge >= 0.3 is 0 Å². The Kier molecular flexibility index (Phi) is 9.96. The van der Waals surface area contributed by atoms with E-state index in [1.165, 1.54) is 0 Å². The molecule has 0 fully saturated rings. The molecule has 0 amide bonds. The Morgan fingerprint density at radius 1 is 0.581 bits per heavy atom. The number of allylic oxidation sites excluding steroid dienone is 2. The Bertz CT molecular complexity index is 1620. The van der Waals surface area contributed by atoms with Crippen molar-refractivity contribution in [3.05, 3.63) is 161 Å². The quantitative estimate of drug-likeness (QED) is 0.115. The van der Waals surface area contributed by atoms with Crippen LogP contribution >= 0.6 is 42.1 Å². The molecule has 6 heteroatoms. The van der Waals surface area contributed by atoms with E-state index in [1.54, 1.807) is 6.07 Å². The summed E-state index contributed by atoms with van der Waals surface area (Å²) < 4.78 is 6.89. The minimum Gasteiger partial charge on any atom is -0.507 e. The van der Waals surface area contributed by atoms with Gasteiger partial charge in [-0.05, 0) is 121 Å². The average Bonchev–Trinajstić information content (AvgIpc) is 3.01. The van der Waals surface area contributed by atoms with Crippen LogP contribution in [-0.4, -0.2) is 11.5 Å². The minimum absolute atomic E-state index is 0.183. The number of benzene rings is 5. The third-order valence-corrected chi connectivity index (χ3v) is 12.2. The van der Waals surface area contributed by atoms with Crippen molar-refractivity contribution in [2.45, 2.75) is 12.8 Å². The highest BCUT2D eigenvalue weighted by molar-refractivity contribution is 7.95. The first-order chi connectivity index (χ1) is 20.8. The van der Waals surface area contributed by atoms with Crippen LogP contribution in [0, 0.1) is 0 Å². The largest absolute Gasteiger partial charge is 0.507 e. The molecule has 0 aliphatic carbocycles. The molecule has 0 aliphatic heterocycles. The lowest BCUT2D eigenvalue weighted by molar-refractivity contribution is 0.389. The van der Waals surface area contributed by atoms with Crippen molar-refractivity contribution in [2.75, 3.05) is 6.35 Å². The Morgan fingerprint density at radius 2 is 1.00 bits per heavy atom. The molecule has 2 nitrogen and oxygen atoms in total. The molecular weight excluding hydrogens is 614 g/mol. The highest BCUT2D eigenvalue weighted by atomic mass is 35.5. The zero-order valence-electron chi connectivity index (χ0n) is 23.5. The third-order valence-electron chi connectivity index (χ3n) is 7.37. The van der Waals surface area contributed by atoms with Crippen LogP contribution in [-0.2, 0) is 12.8 Å². The van der Waals surface area contributed by atoms with Crippen molar-refractivity contribution in [1.82, 2.24) is 0 Å². The molecule has 1 N–H and O–H groups in total. The standard InChI is InChI=1S/C37H30Cl3O2P/c1-3-5-26-7-21-36(41)34(23-26)35-24-27(6-4-2)8-22-37(35)42-25-43(31-15-9-28(38)10-16-31,32-17-11-29(39)12-18-32)33-19-13-30(40)14-20-33/h3-4,7-24H,1-2,5-6,25H2/p+1. The van der Waals surface area contributed by atoms with E-state index in [2.05, 4.69) is 55.6 Å². The summed E-state index contributed by atoms with van der Waals surface area (Å²) in [6, 6.07) is 35.6. The smallest absolute Gasteiger partial charge is 0.210 e. The fourth-order valence-electron chi connectivity index (χ4n) is 5.22. The lowest BCUT2D eigenvalue weighted by Gasteiger charge is -2.28. The van der Waals surface area contributed by atoms with Gasteiger partial charge in [0.25, 0.3) is 0 Å². The molecule has 0 unspecified atom stereocenters.